The number of hydrogen-bond donors (Lipinski definition) is 2. The predicted octanol–water partition coefficient (Wildman–Crippen LogP) is 1.71. The molecule has 0 saturated carbocycles. The minimum Gasteiger partial charge on any atom is -0.387 e. The summed E-state index contributed by atoms with van der Waals surface area (Å²) in [7, 11) is 0. The summed E-state index contributed by atoms with van der Waals surface area (Å²) in [5.41, 5.74) is 0.184. The first-order valence-electron chi connectivity index (χ1n) is 6.09. The van der Waals surface area contributed by atoms with Crippen molar-refractivity contribution in [3.8, 4) is 0 Å². The van der Waals surface area contributed by atoms with Crippen LogP contribution in [0.15, 0.2) is 30.9 Å². The van der Waals surface area contributed by atoms with Crippen LogP contribution in [0.4, 0.5) is 8.78 Å². The first kappa shape index (κ1) is 16.3. The van der Waals surface area contributed by atoms with Crippen molar-refractivity contribution in [2.75, 3.05) is 13.2 Å². The Balaban J connectivity index is 2.50. The molecule has 0 spiro atoms. The standard InChI is InChI=1S/C14H17F2NO3/c1-3-6-20-9(2)14(19)17-8-13(18)10-4-5-11(15)12(16)7-10/h3-5,7,9,13,18H,1,6,8H2,2H3,(H,17,19). The van der Waals surface area contributed by atoms with Crippen LogP contribution < -0.4 is 5.32 Å². The lowest BCUT2D eigenvalue weighted by Crippen LogP contribution is -2.37. The molecule has 0 heterocycles. The van der Waals surface area contributed by atoms with Gasteiger partial charge in [-0.25, -0.2) is 8.78 Å². The van der Waals surface area contributed by atoms with Gasteiger partial charge in [0.05, 0.1) is 12.7 Å². The molecule has 1 aromatic rings. The van der Waals surface area contributed by atoms with Crippen molar-refractivity contribution in [3.63, 3.8) is 0 Å². The summed E-state index contributed by atoms with van der Waals surface area (Å²) >= 11 is 0. The SMILES string of the molecule is C=CCOC(C)C(=O)NCC(O)c1ccc(F)c(F)c1. The third kappa shape index (κ3) is 4.71. The zero-order chi connectivity index (χ0) is 15.1. The van der Waals surface area contributed by atoms with Gasteiger partial charge in [-0.2, -0.15) is 0 Å². The zero-order valence-corrected chi connectivity index (χ0v) is 11.1. The van der Waals surface area contributed by atoms with E-state index in [0.29, 0.717) is 0 Å². The van der Waals surface area contributed by atoms with Crippen LogP contribution >= 0.6 is 0 Å². The molecule has 0 radical (unpaired) electrons. The number of ether oxygens (including phenoxy) is 1. The van der Waals surface area contributed by atoms with E-state index in [4.69, 9.17) is 4.74 Å². The summed E-state index contributed by atoms with van der Waals surface area (Å²) in [6, 6.07) is 3.07. The summed E-state index contributed by atoms with van der Waals surface area (Å²) in [6.07, 6.45) is -0.300. The molecule has 0 aliphatic heterocycles. The van der Waals surface area contributed by atoms with Crippen molar-refractivity contribution in [1.29, 1.82) is 0 Å². The number of carbonyl (C=O) groups excluding carboxylic acids is 1. The highest BCUT2D eigenvalue weighted by Gasteiger charge is 2.16. The highest BCUT2D eigenvalue weighted by atomic mass is 19.2. The molecule has 20 heavy (non-hydrogen) atoms. The second-order valence-electron chi connectivity index (χ2n) is 4.20. The molecule has 0 saturated heterocycles. The van der Waals surface area contributed by atoms with Crippen molar-refractivity contribution in [2.24, 2.45) is 0 Å². The van der Waals surface area contributed by atoms with E-state index in [1.165, 1.54) is 12.1 Å². The number of benzene rings is 1. The van der Waals surface area contributed by atoms with E-state index in [1.807, 2.05) is 0 Å². The fourth-order valence-corrected chi connectivity index (χ4v) is 1.47. The number of amides is 1. The van der Waals surface area contributed by atoms with Gasteiger partial charge in [0, 0.05) is 6.54 Å². The third-order valence-electron chi connectivity index (χ3n) is 2.63. The smallest absolute Gasteiger partial charge is 0.248 e. The molecule has 2 atom stereocenters. The Morgan fingerprint density at radius 1 is 1.50 bits per heavy atom. The number of nitrogens with one attached hydrogen (secondary N) is 1. The van der Waals surface area contributed by atoms with E-state index in [9.17, 15) is 18.7 Å². The van der Waals surface area contributed by atoms with Gasteiger partial charge in [-0.3, -0.25) is 4.79 Å². The largest absolute Gasteiger partial charge is 0.387 e. The van der Waals surface area contributed by atoms with Crippen molar-refractivity contribution >= 4 is 5.91 Å². The summed E-state index contributed by atoms with van der Waals surface area (Å²) < 4.78 is 30.9. The van der Waals surface area contributed by atoms with Crippen LogP contribution in [0, 0.1) is 11.6 Å². The monoisotopic (exact) mass is 285 g/mol. The molecule has 0 bridgehead atoms. The molecular formula is C14H17F2NO3. The maximum Gasteiger partial charge on any atom is 0.248 e. The number of halogens is 2. The average molecular weight is 285 g/mol. The quantitative estimate of drug-likeness (QED) is 0.750. The molecule has 0 aromatic heterocycles. The molecule has 1 aromatic carbocycles. The Morgan fingerprint density at radius 3 is 2.80 bits per heavy atom. The van der Waals surface area contributed by atoms with Gasteiger partial charge in [0.15, 0.2) is 11.6 Å². The summed E-state index contributed by atoms with van der Waals surface area (Å²) in [5.74, 6) is -2.44. The van der Waals surface area contributed by atoms with E-state index in [-0.39, 0.29) is 18.7 Å². The number of aliphatic hydroxyl groups is 1. The van der Waals surface area contributed by atoms with Crippen LogP contribution in [0.2, 0.25) is 0 Å². The van der Waals surface area contributed by atoms with E-state index in [2.05, 4.69) is 11.9 Å². The van der Waals surface area contributed by atoms with Gasteiger partial charge in [0.2, 0.25) is 5.91 Å². The van der Waals surface area contributed by atoms with Crippen LogP contribution in [0.3, 0.4) is 0 Å². The lowest BCUT2D eigenvalue weighted by Gasteiger charge is -2.15. The van der Waals surface area contributed by atoms with Crippen LogP contribution in [-0.2, 0) is 9.53 Å². The zero-order valence-electron chi connectivity index (χ0n) is 11.1. The maximum atomic E-state index is 13.0. The Hall–Kier alpha value is -1.79. The van der Waals surface area contributed by atoms with Crippen LogP contribution in [0.25, 0.3) is 0 Å². The second-order valence-corrected chi connectivity index (χ2v) is 4.20. The van der Waals surface area contributed by atoms with Crippen LogP contribution in [0.5, 0.6) is 0 Å². The van der Waals surface area contributed by atoms with E-state index < -0.39 is 29.7 Å². The molecule has 1 amide bonds. The summed E-state index contributed by atoms with van der Waals surface area (Å²) in [6.45, 7) is 5.13. The fourth-order valence-electron chi connectivity index (χ4n) is 1.47. The lowest BCUT2D eigenvalue weighted by molar-refractivity contribution is -0.131. The van der Waals surface area contributed by atoms with Gasteiger partial charge in [-0.05, 0) is 24.6 Å². The van der Waals surface area contributed by atoms with E-state index >= 15 is 0 Å². The van der Waals surface area contributed by atoms with Gasteiger partial charge < -0.3 is 15.2 Å². The van der Waals surface area contributed by atoms with Crippen molar-refractivity contribution < 1.29 is 23.4 Å². The molecule has 6 heteroatoms. The Kier molecular flexibility index (Phi) is 6.27. The topological polar surface area (TPSA) is 58.6 Å². The van der Waals surface area contributed by atoms with Crippen molar-refractivity contribution in [2.45, 2.75) is 19.1 Å². The molecule has 1 rings (SSSR count). The first-order chi connectivity index (χ1) is 9.45. The number of rotatable bonds is 7. The second kappa shape index (κ2) is 7.72. The van der Waals surface area contributed by atoms with Gasteiger partial charge in [0.1, 0.15) is 6.10 Å². The molecule has 110 valence electrons. The highest BCUT2D eigenvalue weighted by molar-refractivity contribution is 5.80. The van der Waals surface area contributed by atoms with Gasteiger partial charge in [-0.1, -0.05) is 12.1 Å². The lowest BCUT2D eigenvalue weighted by atomic mass is 10.1. The summed E-state index contributed by atoms with van der Waals surface area (Å²) in [4.78, 5) is 11.6. The normalized spacial score (nSPS) is 13.6. The molecule has 2 unspecified atom stereocenters. The summed E-state index contributed by atoms with van der Waals surface area (Å²) in [5, 5.41) is 12.2. The maximum absolute atomic E-state index is 13.0. The Labute approximate surface area is 116 Å². The third-order valence-corrected chi connectivity index (χ3v) is 2.63. The Bertz CT molecular complexity index is 479. The van der Waals surface area contributed by atoms with Gasteiger partial charge in [-0.15, -0.1) is 6.58 Å². The highest BCUT2D eigenvalue weighted by Crippen LogP contribution is 2.15. The molecule has 4 nitrogen and oxygen atoms in total. The number of hydrogen-bond acceptors (Lipinski definition) is 3. The number of aliphatic hydroxyl groups excluding tert-OH is 1. The fraction of sp³-hybridized carbons (Fsp3) is 0.357. The number of carbonyl (C=O) groups is 1. The molecule has 0 fully saturated rings. The molecule has 0 aliphatic carbocycles. The molecular weight excluding hydrogens is 268 g/mol. The first-order valence-corrected chi connectivity index (χ1v) is 6.09. The molecule has 2 N–H and O–H groups in total. The Morgan fingerprint density at radius 2 is 2.20 bits per heavy atom. The van der Waals surface area contributed by atoms with Crippen molar-refractivity contribution in [3.05, 3.63) is 48.1 Å². The van der Waals surface area contributed by atoms with Crippen LogP contribution in [0.1, 0.15) is 18.6 Å². The average Bonchev–Trinajstić information content (AvgIpc) is 2.44. The van der Waals surface area contributed by atoms with Gasteiger partial charge in [0.25, 0.3) is 0 Å². The predicted molar refractivity (Wildman–Crippen MR) is 69.9 cm³/mol. The van der Waals surface area contributed by atoms with Gasteiger partial charge >= 0.3 is 0 Å². The minimum absolute atomic E-state index is 0.119. The molecule has 0 aliphatic rings. The minimum atomic E-state index is -1.12. The van der Waals surface area contributed by atoms with Crippen LogP contribution in [-0.4, -0.2) is 30.3 Å². The van der Waals surface area contributed by atoms with E-state index in [1.54, 1.807) is 6.92 Å². The van der Waals surface area contributed by atoms with Crippen molar-refractivity contribution in [1.82, 2.24) is 5.32 Å². The van der Waals surface area contributed by atoms with E-state index in [0.717, 1.165) is 12.1 Å².